The second kappa shape index (κ2) is 7.45. The second-order valence-corrected chi connectivity index (χ2v) is 6.87. The van der Waals surface area contributed by atoms with E-state index in [1.165, 1.54) is 0 Å². The Morgan fingerprint density at radius 2 is 2.12 bits per heavy atom. The summed E-state index contributed by atoms with van der Waals surface area (Å²) in [5, 5.41) is 0. The number of aryl methyl sites for hydroxylation is 1. The maximum absolute atomic E-state index is 6.10. The van der Waals surface area contributed by atoms with Gasteiger partial charge in [-0.25, -0.2) is 9.97 Å². The molecule has 3 unspecified atom stereocenters. The van der Waals surface area contributed by atoms with Gasteiger partial charge in [0.2, 0.25) is 5.95 Å². The topological polar surface area (TPSA) is 60.4 Å². The summed E-state index contributed by atoms with van der Waals surface area (Å²) in [6.45, 7) is 4.91. The van der Waals surface area contributed by atoms with Crippen molar-refractivity contribution in [1.29, 1.82) is 0 Å². The highest BCUT2D eigenvalue weighted by atomic mass is 16.5. The summed E-state index contributed by atoms with van der Waals surface area (Å²) >= 11 is 0. The zero-order valence-electron chi connectivity index (χ0n) is 14.5. The Labute approximate surface area is 148 Å². The number of aromatic nitrogens is 3. The van der Waals surface area contributed by atoms with E-state index in [2.05, 4.69) is 19.9 Å². The third-order valence-electron chi connectivity index (χ3n) is 5.07. The SMILES string of the molecule is Cc1cnc(N2CCOC3C(COCc4cccnc4)CCC32)nc1. The first kappa shape index (κ1) is 16.4. The van der Waals surface area contributed by atoms with Crippen molar-refractivity contribution in [3.8, 4) is 0 Å². The molecule has 3 heterocycles. The molecule has 3 atom stereocenters. The number of hydrogen-bond acceptors (Lipinski definition) is 6. The third kappa shape index (κ3) is 3.65. The van der Waals surface area contributed by atoms with E-state index in [4.69, 9.17) is 9.47 Å². The molecule has 1 saturated heterocycles. The highest BCUT2D eigenvalue weighted by Gasteiger charge is 2.43. The molecule has 132 valence electrons. The van der Waals surface area contributed by atoms with Crippen molar-refractivity contribution in [2.24, 2.45) is 5.92 Å². The molecule has 2 aliphatic rings. The van der Waals surface area contributed by atoms with Gasteiger partial charge in [-0.15, -0.1) is 0 Å². The maximum Gasteiger partial charge on any atom is 0.225 e. The minimum atomic E-state index is 0.201. The molecule has 6 nitrogen and oxygen atoms in total. The average Bonchev–Trinajstić information content (AvgIpc) is 3.07. The predicted molar refractivity (Wildman–Crippen MR) is 94.3 cm³/mol. The Bertz CT molecular complexity index is 680. The quantitative estimate of drug-likeness (QED) is 0.833. The van der Waals surface area contributed by atoms with Crippen LogP contribution in [0.25, 0.3) is 0 Å². The fraction of sp³-hybridized carbons (Fsp3) is 0.526. The summed E-state index contributed by atoms with van der Waals surface area (Å²) in [5.41, 5.74) is 2.19. The number of hydrogen-bond donors (Lipinski definition) is 0. The normalized spacial score (nSPS) is 25.8. The van der Waals surface area contributed by atoms with Crippen molar-refractivity contribution >= 4 is 5.95 Å². The van der Waals surface area contributed by atoms with E-state index in [1.807, 2.05) is 37.6 Å². The van der Waals surface area contributed by atoms with Gasteiger partial charge in [0.1, 0.15) is 0 Å². The van der Waals surface area contributed by atoms with Crippen molar-refractivity contribution in [1.82, 2.24) is 15.0 Å². The van der Waals surface area contributed by atoms with Crippen LogP contribution in [0.1, 0.15) is 24.0 Å². The van der Waals surface area contributed by atoms with Gasteiger partial charge < -0.3 is 14.4 Å². The van der Waals surface area contributed by atoms with Crippen molar-refractivity contribution in [2.45, 2.75) is 38.5 Å². The van der Waals surface area contributed by atoms with Crippen molar-refractivity contribution in [3.63, 3.8) is 0 Å². The second-order valence-electron chi connectivity index (χ2n) is 6.87. The lowest BCUT2D eigenvalue weighted by molar-refractivity contribution is -0.0311. The first-order chi connectivity index (χ1) is 12.3. The molecule has 1 saturated carbocycles. The number of rotatable bonds is 5. The van der Waals surface area contributed by atoms with Crippen LogP contribution in [-0.4, -0.2) is 46.9 Å². The lowest BCUT2D eigenvalue weighted by Crippen LogP contribution is -2.51. The molecule has 2 aromatic rings. The van der Waals surface area contributed by atoms with E-state index >= 15 is 0 Å². The van der Waals surface area contributed by atoms with Crippen LogP contribution in [0.3, 0.4) is 0 Å². The molecule has 4 rings (SSSR count). The van der Waals surface area contributed by atoms with Crippen molar-refractivity contribution < 1.29 is 9.47 Å². The Kier molecular flexibility index (Phi) is 4.90. The molecule has 6 heteroatoms. The summed E-state index contributed by atoms with van der Waals surface area (Å²) in [7, 11) is 0. The van der Waals surface area contributed by atoms with Crippen LogP contribution in [0.2, 0.25) is 0 Å². The summed E-state index contributed by atoms with van der Waals surface area (Å²) in [4.78, 5) is 15.5. The lowest BCUT2D eigenvalue weighted by atomic mass is 10.0. The van der Waals surface area contributed by atoms with Gasteiger partial charge in [0.05, 0.1) is 32.0 Å². The van der Waals surface area contributed by atoms with Gasteiger partial charge in [0.25, 0.3) is 0 Å². The average molecular weight is 340 g/mol. The van der Waals surface area contributed by atoms with Crippen LogP contribution in [0.15, 0.2) is 36.9 Å². The van der Waals surface area contributed by atoms with E-state index < -0.39 is 0 Å². The lowest BCUT2D eigenvalue weighted by Gasteiger charge is -2.39. The van der Waals surface area contributed by atoms with Gasteiger partial charge >= 0.3 is 0 Å². The van der Waals surface area contributed by atoms with Crippen molar-refractivity contribution in [2.75, 3.05) is 24.7 Å². The summed E-state index contributed by atoms with van der Waals surface area (Å²) in [6, 6.07) is 4.33. The molecule has 0 spiro atoms. The maximum atomic E-state index is 6.10. The van der Waals surface area contributed by atoms with Crippen LogP contribution in [-0.2, 0) is 16.1 Å². The molecule has 0 amide bonds. The summed E-state index contributed by atoms with van der Waals surface area (Å²) in [5.74, 6) is 1.25. The third-order valence-corrected chi connectivity index (χ3v) is 5.07. The van der Waals surface area contributed by atoms with E-state index in [1.54, 1.807) is 6.20 Å². The Morgan fingerprint density at radius 1 is 1.24 bits per heavy atom. The molecule has 2 aromatic heterocycles. The van der Waals surface area contributed by atoms with Crippen LogP contribution in [0.5, 0.6) is 0 Å². The van der Waals surface area contributed by atoms with Gasteiger partial charge in [-0.05, 0) is 37.0 Å². The standard InChI is InChI=1S/C19H24N4O2/c1-14-9-21-19(22-10-14)23-7-8-25-18-16(4-5-17(18)23)13-24-12-15-3-2-6-20-11-15/h2-3,6,9-11,16-18H,4-5,7-8,12-13H2,1H3. The molecule has 1 aliphatic heterocycles. The molecular weight excluding hydrogens is 316 g/mol. The van der Waals surface area contributed by atoms with Crippen LogP contribution in [0.4, 0.5) is 5.95 Å². The smallest absolute Gasteiger partial charge is 0.225 e. The minimum Gasteiger partial charge on any atom is -0.376 e. The molecule has 0 bridgehead atoms. The van der Waals surface area contributed by atoms with E-state index in [0.717, 1.165) is 49.7 Å². The van der Waals surface area contributed by atoms with E-state index in [0.29, 0.717) is 18.6 Å². The molecule has 25 heavy (non-hydrogen) atoms. The van der Waals surface area contributed by atoms with Crippen LogP contribution < -0.4 is 4.90 Å². The van der Waals surface area contributed by atoms with Gasteiger partial charge in [0.15, 0.2) is 0 Å². The molecular formula is C19H24N4O2. The zero-order chi connectivity index (χ0) is 17.1. The Morgan fingerprint density at radius 3 is 2.92 bits per heavy atom. The highest BCUT2D eigenvalue weighted by Crippen LogP contribution is 2.36. The Balaban J connectivity index is 1.36. The molecule has 0 aromatic carbocycles. The van der Waals surface area contributed by atoms with Gasteiger partial charge in [-0.2, -0.15) is 0 Å². The van der Waals surface area contributed by atoms with E-state index in [-0.39, 0.29) is 6.10 Å². The fourth-order valence-corrected chi connectivity index (χ4v) is 3.83. The number of anilines is 1. The number of nitrogens with zero attached hydrogens (tertiary/aromatic N) is 4. The largest absolute Gasteiger partial charge is 0.376 e. The molecule has 1 aliphatic carbocycles. The molecule has 0 radical (unpaired) electrons. The van der Waals surface area contributed by atoms with Crippen LogP contribution >= 0.6 is 0 Å². The fourth-order valence-electron chi connectivity index (χ4n) is 3.83. The zero-order valence-corrected chi connectivity index (χ0v) is 14.5. The summed E-state index contributed by atoms with van der Waals surface area (Å²) in [6.07, 6.45) is 9.82. The minimum absolute atomic E-state index is 0.201. The molecule has 0 N–H and O–H groups in total. The highest BCUT2D eigenvalue weighted by molar-refractivity contribution is 5.34. The predicted octanol–water partition coefficient (Wildman–Crippen LogP) is 2.38. The van der Waals surface area contributed by atoms with Gasteiger partial charge in [0, 0.05) is 37.3 Å². The molecule has 2 fully saturated rings. The first-order valence-corrected chi connectivity index (χ1v) is 8.95. The van der Waals surface area contributed by atoms with Crippen LogP contribution in [0, 0.1) is 12.8 Å². The number of fused-ring (bicyclic) bond motifs is 1. The van der Waals surface area contributed by atoms with Crippen molar-refractivity contribution in [3.05, 3.63) is 48.0 Å². The van der Waals surface area contributed by atoms with Gasteiger partial charge in [-0.3, -0.25) is 4.98 Å². The summed E-state index contributed by atoms with van der Waals surface area (Å²) < 4.78 is 12.0. The Hall–Kier alpha value is -2.05. The number of ether oxygens (including phenoxy) is 2. The van der Waals surface area contributed by atoms with E-state index in [9.17, 15) is 0 Å². The van der Waals surface area contributed by atoms with Gasteiger partial charge in [-0.1, -0.05) is 6.07 Å². The number of pyridine rings is 1. The number of morpholine rings is 1. The monoisotopic (exact) mass is 340 g/mol. The first-order valence-electron chi connectivity index (χ1n) is 8.95.